The molecule has 1 aliphatic heterocycles. The first-order valence-corrected chi connectivity index (χ1v) is 11.4. The minimum absolute atomic E-state index is 0.104. The van der Waals surface area contributed by atoms with E-state index in [4.69, 9.17) is 0 Å². The molecule has 0 aromatic heterocycles. The average molecular weight is 422 g/mol. The lowest BCUT2D eigenvalue weighted by Crippen LogP contribution is -2.45. The number of sulfonamides is 1. The average Bonchev–Trinajstić information content (AvgIpc) is 2.94. The zero-order valence-electron chi connectivity index (χ0n) is 17.4. The van der Waals surface area contributed by atoms with Crippen LogP contribution < -0.4 is 10.6 Å². The molecule has 1 aromatic carbocycles. The summed E-state index contributed by atoms with van der Waals surface area (Å²) in [6.07, 6.45) is 6.82. The van der Waals surface area contributed by atoms with Crippen LogP contribution in [0, 0.1) is 0 Å². The molecule has 0 spiro atoms. The standard InChI is InChI=1S/C21H31N3O4S/c1-21(2,3)23-20(26)16-22-19(25)13-10-17-8-11-18(12-9-17)29(27,28)24-14-6-4-5-7-15-24/h8-13H,4-7,14-16H2,1-3H3,(H,22,25)(H,23,26)/b13-10+. The van der Waals surface area contributed by atoms with Gasteiger partial charge in [0.05, 0.1) is 11.4 Å². The van der Waals surface area contributed by atoms with Crippen molar-refractivity contribution in [2.24, 2.45) is 0 Å². The van der Waals surface area contributed by atoms with Gasteiger partial charge in [-0.2, -0.15) is 4.31 Å². The van der Waals surface area contributed by atoms with Crippen molar-refractivity contribution in [3.05, 3.63) is 35.9 Å². The fourth-order valence-corrected chi connectivity index (χ4v) is 4.56. The Hall–Kier alpha value is -2.19. The van der Waals surface area contributed by atoms with Crippen LogP contribution in [0.4, 0.5) is 0 Å². The van der Waals surface area contributed by atoms with Crippen LogP contribution in [0.3, 0.4) is 0 Å². The molecule has 0 aliphatic carbocycles. The zero-order chi connectivity index (χ0) is 21.5. The van der Waals surface area contributed by atoms with Crippen molar-refractivity contribution in [3.8, 4) is 0 Å². The quantitative estimate of drug-likeness (QED) is 0.689. The summed E-state index contributed by atoms with van der Waals surface area (Å²) in [5, 5.41) is 5.28. The van der Waals surface area contributed by atoms with E-state index in [9.17, 15) is 18.0 Å². The number of hydrogen-bond donors (Lipinski definition) is 2. The minimum atomic E-state index is -3.48. The van der Waals surface area contributed by atoms with Crippen LogP contribution in [0.25, 0.3) is 6.08 Å². The van der Waals surface area contributed by atoms with Crippen molar-refractivity contribution in [1.29, 1.82) is 0 Å². The number of carbonyl (C=O) groups excluding carboxylic acids is 2. The second kappa shape index (κ2) is 10.0. The van der Waals surface area contributed by atoms with Gasteiger partial charge in [0.2, 0.25) is 21.8 Å². The molecule has 0 unspecified atom stereocenters. The van der Waals surface area contributed by atoms with Gasteiger partial charge < -0.3 is 10.6 Å². The van der Waals surface area contributed by atoms with Crippen molar-refractivity contribution in [2.45, 2.75) is 56.9 Å². The Bertz CT molecular complexity index is 832. The van der Waals surface area contributed by atoms with E-state index in [2.05, 4.69) is 10.6 Å². The van der Waals surface area contributed by atoms with E-state index in [1.807, 2.05) is 20.8 Å². The Labute approximate surface area is 173 Å². The number of amides is 2. The van der Waals surface area contributed by atoms with E-state index in [1.54, 1.807) is 34.6 Å². The van der Waals surface area contributed by atoms with Gasteiger partial charge in [0, 0.05) is 24.7 Å². The number of hydrogen-bond acceptors (Lipinski definition) is 4. The molecule has 2 rings (SSSR count). The topological polar surface area (TPSA) is 95.6 Å². The van der Waals surface area contributed by atoms with Gasteiger partial charge in [-0.1, -0.05) is 25.0 Å². The molecule has 0 radical (unpaired) electrons. The van der Waals surface area contributed by atoms with Crippen molar-refractivity contribution >= 4 is 27.9 Å². The third kappa shape index (κ3) is 7.62. The molecule has 0 atom stereocenters. The van der Waals surface area contributed by atoms with E-state index >= 15 is 0 Å². The van der Waals surface area contributed by atoms with E-state index in [0.717, 1.165) is 25.7 Å². The van der Waals surface area contributed by atoms with Gasteiger partial charge in [-0.25, -0.2) is 8.42 Å². The Morgan fingerprint density at radius 2 is 1.62 bits per heavy atom. The maximum Gasteiger partial charge on any atom is 0.244 e. The van der Waals surface area contributed by atoms with E-state index in [-0.39, 0.29) is 22.9 Å². The highest BCUT2D eigenvalue weighted by atomic mass is 32.2. The van der Waals surface area contributed by atoms with E-state index in [0.29, 0.717) is 18.7 Å². The highest BCUT2D eigenvalue weighted by Gasteiger charge is 2.24. The molecule has 2 amide bonds. The molecule has 29 heavy (non-hydrogen) atoms. The summed E-state index contributed by atoms with van der Waals surface area (Å²) in [7, 11) is -3.48. The van der Waals surface area contributed by atoms with Crippen LogP contribution in [0.1, 0.15) is 52.0 Å². The highest BCUT2D eigenvalue weighted by molar-refractivity contribution is 7.89. The Morgan fingerprint density at radius 1 is 1.03 bits per heavy atom. The third-order valence-corrected chi connectivity index (χ3v) is 6.36. The fraction of sp³-hybridized carbons (Fsp3) is 0.524. The normalized spacial score (nSPS) is 16.4. The van der Waals surface area contributed by atoms with Crippen molar-refractivity contribution in [2.75, 3.05) is 19.6 Å². The summed E-state index contributed by atoms with van der Waals surface area (Å²) >= 11 is 0. The molecule has 1 saturated heterocycles. The number of rotatable bonds is 6. The lowest BCUT2D eigenvalue weighted by atomic mass is 10.1. The van der Waals surface area contributed by atoms with Gasteiger partial charge in [0.25, 0.3) is 0 Å². The summed E-state index contributed by atoms with van der Waals surface area (Å²) < 4.78 is 27.1. The Kier molecular flexibility index (Phi) is 7.98. The molecule has 1 heterocycles. The van der Waals surface area contributed by atoms with Gasteiger partial charge in [0.15, 0.2) is 0 Å². The minimum Gasteiger partial charge on any atom is -0.350 e. The summed E-state index contributed by atoms with van der Waals surface area (Å²) in [4.78, 5) is 23.8. The second-order valence-electron chi connectivity index (χ2n) is 8.24. The summed E-state index contributed by atoms with van der Waals surface area (Å²) in [6, 6.07) is 6.46. The zero-order valence-corrected chi connectivity index (χ0v) is 18.2. The smallest absolute Gasteiger partial charge is 0.244 e. The number of nitrogens with zero attached hydrogens (tertiary/aromatic N) is 1. The van der Waals surface area contributed by atoms with Crippen LogP contribution >= 0.6 is 0 Å². The number of nitrogens with one attached hydrogen (secondary N) is 2. The van der Waals surface area contributed by atoms with Gasteiger partial charge in [-0.15, -0.1) is 0 Å². The molecule has 8 heteroatoms. The predicted octanol–water partition coefficient (Wildman–Crippen LogP) is 2.30. The first-order chi connectivity index (χ1) is 13.6. The van der Waals surface area contributed by atoms with Crippen LogP contribution in [-0.2, 0) is 19.6 Å². The second-order valence-corrected chi connectivity index (χ2v) is 10.2. The Balaban J connectivity index is 1.92. The van der Waals surface area contributed by atoms with Crippen molar-refractivity contribution < 1.29 is 18.0 Å². The SMILES string of the molecule is CC(C)(C)NC(=O)CNC(=O)/C=C/c1ccc(S(=O)(=O)N2CCCCCC2)cc1. The molecule has 1 fully saturated rings. The summed E-state index contributed by atoms with van der Waals surface area (Å²) in [6.45, 7) is 6.61. The number of carbonyl (C=O) groups is 2. The van der Waals surface area contributed by atoms with E-state index < -0.39 is 15.9 Å². The molecule has 7 nitrogen and oxygen atoms in total. The van der Waals surface area contributed by atoms with Gasteiger partial charge >= 0.3 is 0 Å². The molecule has 1 aromatic rings. The highest BCUT2D eigenvalue weighted by Crippen LogP contribution is 2.20. The Morgan fingerprint density at radius 3 is 2.17 bits per heavy atom. The first-order valence-electron chi connectivity index (χ1n) is 9.95. The van der Waals surface area contributed by atoms with Gasteiger partial charge in [0.1, 0.15) is 0 Å². The molecule has 160 valence electrons. The predicted molar refractivity (Wildman–Crippen MR) is 114 cm³/mol. The van der Waals surface area contributed by atoms with Crippen molar-refractivity contribution in [3.63, 3.8) is 0 Å². The van der Waals surface area contributed by atoms with Crippen LogP contribution in [-0.4, -0.2) is 49.7 Å². The summed E-state index contributed by atoms with van der Waals surface area (Å²) in [5.74, 6) is -0.655. The fourth-order valence-electron chi connectivity index (χ4n) is 3.04. The van der Waals surface area contributed by atoms with Crippen molar-refractivity contribution in [1.82, 2.24) is 14.9 Å². The largest absolute Gasteiger partial charge is 0.350 e. The first kappa shape index (κ1) is 23.1. The van der Waals surface area contributed by atoms with Crippen LogP contribution in [0.15, 0.2) is 35.2 Å². The van der Waals surface area contributed by atoms with E-state index in [1.165, 1.54) is 6.08 Å². The van der Waals surface area contributed by atoms with Crippen LogP contribution in [0.2, 0.25) is 0 Å². The molecule has 1 aliphatic rings. The maximum absolute atomic E-state index is 12.8. The summed E-state index contributed by atoms with van der Waals surface area (Å²) in [5.41, 5.74) is 0.349. The molecule has 0 saturated carbocycles. The molecular weight excluding hydrogens is 390 g/mol. The monoisotopic (exact) mass is 421 g/mol. The third-order valence-electron chi connectivity index (χ3n) is 4.45. The van der Waals surface area contributed by atoms with Gasteiger partial charge in [-0.3, -0.25) is 9.59 Å². The molecular formula is C21H31N3O4S. The molecule has 2 N–H and O–H groups in total. The maximum atomic E-state index is 12.8. The van der Waals surface area contributed by atoms with Crippen LogP contribution in [0.5, 0.6) is 0 Å². The lowest BCUT2D eigenvalue weighted by molar-refractivity contribution is -0.124. The lowest BCUT2D eigenvalue weighted by Gasteiger charge is -2.20. The number of benzene rings is 1. The van der Waals surface area contributed by atoms with Gasteiger partial charge in [-0.05, 0) is 57.4 Å². The molecule has 0 bridgehead atoms.